The summed E-state index contributed by atoms with van der Waals surface area (Å²) >= 11 is 3.43. The van der Waals surface area contributed by atoms with Crippen LogP contribution in [-0.4, -0.2) is 5.11 Å². The third-order valence-corrected chi connectivity index (χ3v) is 4.20. The van der Waals surface area contributed by atoms with Crippen molar-refractivity contribution in [1.82, 2.24) is 0 Å². The van der Waals surface area contributed by atoms with Gasteiger partial charge in [0.05, 0.1) is 0 Å². The van der Waals surface area contributed by atoms with Crippen LogP contribution in [0.25, 0.3) is 11.1 Å². The van der Waals surface area contributed by atoms with Crippen LogP contribution >= 0.6 is 15.9 Å². The van der Waals surface area contributed by atoms with Crippen molar-refractivity contribution in [1.29, 1.82) is 0 Å². The van der Waals surface area contributed by atoms with E-state index in [0.29, 0.717) is 6.42 Å². The molecule has 0 aliphatic carbocycles. The number of aliphatic hydroxyl groups is 1. The molecule has 0 bridgehead atoms. The van der Waals surface area contributed by atoms with E-state index in [0.717, 1.165) is 34.0 Å². The molecule has 2 aromatic carbocycles. The van der Waals surface area contributed by atoms with Crippen LogP contribution in [-0.2, 0) is 5.60 Å². The molecule has 0 aliphatic heterocycles. The van der Waals surface area contributed by atoms with Gasteiger partial charge in [0.25, 0.3) is 0 Å². The Morgan fingerprint density at radius 3 is 2.05 bits per heavy atom. The Balaban J connectivity index is 2.26. The van der Waals surface area contributed by atoms with Gasteiger partial charge in [-0.3, -0.25) is 0 Å². The zero-order valence-electron chi connectivity index (χ0n) is 12.1. The molecule has 2 rings (SSSR count). The maximum atomic E-state index is 10.6. The molecule has 2 heteroatoms. The quantitative estimate of drug-likeness (QED) is 0.747. The van der Waals surface area contributed by atoms with Crippen LogP contribution in [0.5, 0.6) is 0 Å². The zero-order chi connectivity index (χ0) is 15.3. The SMILES string of the molecule is C#CC(O)(CCCC)c1ccc(-c2ccc(Br)cc2)cc1. The average Bonchev–Trinajstić information content (AvgIpc) is 2.53. The number of terminal acetylenes is 1. The fraction of sp³-hybridized carbons (Fsp3) is 0.263. The maximum Gasteiger partial charge on any atom is 0.150 e. The summed E-state index contributed by atoms with van der Waals surface area (Å²) in [5, 5.41) is 10.6. The standard InChI is InChI=1S/C19H19BrO/c1-3-5-14-19(21,4-2)17-10-6-15(7-11-17)16-8-12-18(20)13-9-16/h2,6-13,21H,3,5,14H2,1H3. The molecule has 21 heavy (non-hydrogen) atoms. The Morgan fingerprint density at radius 2 is 1.57 bits per heavy atom. The topological polar surface area (TPSA) is 20.2 Å². The minimum atomic E-state index is -1.16. The Morgan fingerprint density at radius 1 is 1.05 bits per heavy atom. The highest BCUT2D eigenvalue weighted by Gasteiger charge is 2.25. The summed E-state index contributed by atoms with van der Waals surface area (Å²) in [5.74, 6) is 2.55. The van der Waals surface area contributed by atoms with Gasteiger partial charge in [0.15, 0.2) is 5.60 Å². The highest BCUT2D eigenvalue weighted by atomic mass is 79.9. The lowest BCUT2D eigenvalue weighted by molar-refractivity contribution is 0.0877. The molecule has 1 unspecified atom stereocenters. The van der Waals surface area contributed by atoms with Gasteiger partial charge >= 0.3 is 0 Å². The van der Waals surface area contributed by atoms with Crippen molar-refractivity contribution in [3.05, 3.63) is 58.6 Å². The Hall–Kier alpha value is -1.56. The first-order chi connectivity index (χ1) is 10.1. The van der Waals surface area contributed by atoms with Gasteiger partial charge in [0.1, 0.15) is 0 Å². The van der Waals surface area contributed by atoms with E-state index in [1.54, 1.807) is 0 Å². The van der Waals surface area contributed by atoms with E-state index in [1.807, 2.05) is 36.4 Å². The van der Waals surface area contributed by atoms with Crippen molar-refractivity contribution >= 4 is 15.9 Å². The first-order valence-corrected chi connectivity index (χ1v) is 7.95. The summed E-state index contributed by atoms with van der Waals surface area (Å²) in [6.45, 7) is 2.09. The molecule has 0 heterocycles. The van der Waals surface area contributed by atoms with Gasteiger partial charge in [-0.05, 0) is 41.7 Å². The van der Waals surface area contributed by atoms with Gasteiger partial charge in [-0.2, -0.15) is 0 Å². The normalized spacial score (nSPS) is 13.4. The van der Waals surface area contributed by atoms with Crippen LogP contribution in [0.2, 0.25) is 0 Å². The molecule has 108 valence electrons. The van der Waals surface area contributed by atoms with E-state index in [1.165, 1.54) is 0 Å². The third-order valence-electron chi connectivity index (χ3n) is 3.67. The van der Waals surface area contributed by atoms with Gasteiger partial charge in [-0.15, -0.1) is 6.42 Å². The first kappa shape index (κ1) is 15.8. The van der Waals surface area contributed by atoms with Crippen LogP contribution in [0.4, 0.5) is 0 Å². The Kier molecular flexibility index (Phi) is 5.22. The number of unbranched alkanes of at least 4 members (excludes halogenated alkanes) is 1. The number of benzene rings is 2. The van der Waals surface area contributed by atoms with Crippen LogP contribution in [0.1, 0.15) is 31.7 Å². The highest BCUT2D eigenvalue weighted by molar-refractivity contribution is 9.10. The largest absolute Gasteiger partial charge is 0.373 e. The summed E-state index contributed by atoms with van der Waals surface area (Å²) in [6.07, 6.45) is 8.06. The lowest BCUT2D eigenvalue weighted by atomic mass is 9.88. The van der Waals surface area contributed by atoms with Gasteiger partial charge in [-0.1, -0.05) is 71.6 Å². The lowest BCUT2D eigenvalue weighted by Crippen LogP contribution is -2.23. The van der Waals surface area contributed by atoms with E-state index < -0.39 is 5.60 Å². The third kappa shape index (κ3) is 3.75. The van der Waals surface area contributed by atoms with Crippen LogP contribution in [0, 0.1) is 12.3 Å². The van der Waals surface area contributed by atoms with E-state index in [2.05, 4.69) is 40.9 Å². The zero-order valence-corrected chi connectivity index (χ0v) is 13.7. The monoisotopic (exact) mass is 342 g/mol. The molecule has 2 aromatic rings. The lowest BCUT2D eigenvalue weighted by Gasteiger charge is -2.22. The molecule has 0 fully saturated rings. The molecule has 0 aromatic heterocycles. The second-order valence-electron chi connectivity index (χ2n) is 5.19. The highest BCUT2D eigenvalue weighted by Crippen LogP contribution is 2.29. The van der Waals surface area contributed by atoms with Crippen molar-refractivity contribution in [3.63, 3.8) is 0 Å². The molecule has 1 N–H and O–H groups in total. The first-order valence-electron chi connectivity index (χ1n) is 7.15. The number of halogens is 1. The smallest absolute Gasteiger partial charge is 0.150 e. The minimum Gasteiger partial charge on any atom is -0.373 e. The van der Waals surface area contributed by atoms with E-state index >= 15 is 0 Å². The Labute approximate surface area is 135 Å². The fourth-order valence-electron chi connectivity index (χ4n) is 2.31. The molecule has 0 saturated heterocycles. The van der Waals surface area contributed by atoms with E-state index in [-0.39, 0.29) is 0 Å². The average molecular weight is 343 g/mol. The van der Waals surface area contributed by atoms with Gasteiger partial charge in [0, 0.05) is 4.47 Å². The minimum absolute atomic E-state index is 0.595. The van der Waals surface area contributed by atoms with Crippen molar-refractivity contribution in [2.24, 2.45) is 0 Å². The fourth-order valence-corrected chi connectivity index (χ4v) is 2.58. The summed E-state index contributed by atoms with van der Waals surface area (Å²) < 4.78 is 1.06. The molecule has 0 spiro atoms. The summed E-state index contributed by atoms with van der Waals surface area (Å²) in [6, 6.07) is 16.0. The molecule has 0 saturated carbocycles. The van der Waals surface area contributed by atoms with Crippen molar-refractivity contribution in [2.75, 3.05) is 0 Å². The van der Waals surface area contributed by atoms with Crippen LogP contribution < -0.4 is 0 Å². The van der Waals surface area contributed by atoms with Crippen molar-refractivity contribution in [3.8, 4) is 23.5 Å². The van der Waals surface area contributed by atoms with Crippen LogP contribution in [0.3, 0.4) is 0 Å². The summed E-state index contributed by atoms with van der Waals surface area (Å²) in [5.41, 5.74) is 1.89. The summed E-state index contributed by atoms with van der Waals surface area (Å²) in [7, 11) is 0. The summed E-state index contributed by atoms with van der Waals surface area (Å²) in [4.78, 5) is 0. The van der Waals surface area contributed by atoms with Gasteiger partial charge in [0.2, 0.25) is 0 Å². The molecule has 0 amide bonds. The van der Waals surface area contributed by atoms with E-state index in [9.17, 15) is 5.11 Å². The van der Waals surface area contributed by atoms with Gasteiger partial charge < -0.3 is 5.11 Å². The molecule has 0 aliphatic rings. The predicted molar refractivity (Wildman–Crippen MR) is 91.8 cm³/mol. The van der Waals surface area contributed by atoms with Gasteiger partial charge in [-0.25, -0.2) is 0 Å². The number of hydrogen-bond acceptors (Lipinski definition) is 1. The molecule has 1 nitrogen and oxygen atoms in total. The number of hydrogen-bond donors (Lipinski definition) is 1. The predicted octanol–water partition coefficient (Wildman–Crippen LogP) is 5.13. The van der Waals surface area contributed by atoms with Crippen molar-refractivity contribution in [2.45, 2.75) is 31.8 Å². The second kappa shape index (κ2) is 6.93. The molecular formula is C19H19BrO. The molecular weight excluding hydrogens is 324 g/mol. The van der Waals surface area contributed by atoms with E-state index in [4.69, 9.17) is 6.42 Å². The van der Waals surface area contributed by atoms with Crippen LogP contribution in [0.15, 0.2) is 53.0 Å². The molecule has 0 radical (unpaired) electrons. The Bertz CT molecular complexity index is 622. The number of rotatable bonds is 5. The van der Waals surface area contributed by atoms with Crippen molar-refractivity contribution < 1.29 is 5.11 Å². The molecule has 1 atom stereocenters. The second-order valence-corrected chi connectivity index (χ2v) is 6.11. The maximum absolute atomic E-state index is 10.6.